The first kappa shape index (κ1) is 12.5. The van der Waals surface area contributed by atoms with E-state index in [9.17, 15) is 4.79 Å². The molecule has 2 nitrogen and oxygen atoms in total. The second kappa shape index (κ2) is 4.83. The Bertz CT molecular complexity index is 709. The van der Waals surface area contributed by atoms with Gasteiger partial charge in [0.2, 0.25) is 0 Å². The lowest BCUT2D eigenvalue weighted by atomic mass is 10.0. The van der Waals surface area contributed by atoms with E-state index in [4.69, 9.17) is 11.6 Å². The van der Waals surface area contributed by atoms with Crippen molar-refractivity contribution in [1.29, 1.82) is 0 Å². The number of nitrogens with one attached hydrogen (secondary N) is 1. The molecular weight excluding hydrogens is 326 g/mol. The zero-order valence-corrected chi connectivity index (χ0v) is 12.1. The van der Waals surface area contributed by atoms with Gasteiger partial charge in [-0.1, -0.05) is 45.7 Å². The molecule has 0 spiro atoms. The van der Waals surface area contributed by atoms with Gasteiger partial charge in [0.05, 0.1) is 0 Å². The first-order valence-corrected chi connectivity index (χ1v) is 6.90. The molecule has 0 aliphatic carbocycles. The number of anilines is 1. The molecule has 1 aliphatic rings. The largest absolute Gasteiger partial charge is 0.321 e. The third kappa shape index (κ3) is 2.31. The lowest BCUT2D eigenvalue weighted by Gasteiger charge is -2.01. The van der Waals surface area contributed by atoms with Gasteiger partial charge in [-0.3, -0.25) is 4.79 Å². The molecule has 1 N–H and O–H groups in total. The molecule has 4 heteroatoms. The van der Waals surface area contributed by atoms with Gasteiger partial charge in [0.1, 0.15) is 0 Å². The molecular formula is C15H9BrClNO. The van der Waals surface area contributed by atoms with Crippen molar-refractivity contribution < 1.29 is 4.79 Å². The zero-order valence-electron chi connectivity index (χ0n) is 9.78. The van der Waals surface area contributed by atoms with Crippen LogP contribution < -0.4 is 5.32 Å². The smallest absolute Gasteiger partial charge is 0.256 e. The van der Waals surface area contributed by atoms with Gasteiger partial charge >= 0.3 is 0 Å². The van der Waals surface area contributed by atoms with Crippen molar-refractivity contribution in [2.24, 2.45) is 0 Å². The summed E-state index contributed by atoms with van der Waals surface area (Å²) in [5, 5.41) is 3.45. The number of amides is 1. The van der Waals surface area contributed by atoms with Crippen LogP contribution in [0.2, 0.25) is 5.02 Å². The highest BCUT2D eigenvalue weighted by atomic mass is 79.9. The highest BCUT2D eigenvalue weighted by Gasteiger charge is 2.24. The fraction of sp³-hybridized carbons (Fsp3) is 0. The summed E-state index contributed by atoms with van der Waals surface area (Å²) in [6.45, 7) is 0. The molecule has 1 aliphatic heterocycles. The van der Waals surface area contributed by atoms with Crippen LogP contribution in [0.15, 0.2) is 46.9 Å². The van der Waals surface area contributed by atoms with Gasteiger partial charge in [0, 0.05) is 26.3 Å². The first-order chi connectivity index (χ1) is 9.15. The van der Waals surface area contributed by atoms with Crippen molar-refractivity contribution in [2.75, 3.05) is 5.32 Å². The van der Waals surface area contributed by atoms with Crippen LogP contribution in [0.5, 0.6) is 0 Å². The molecule has 2 aromatic rings. The minimum absolute atomic E-state index is 0.104. The molecule has 0 atom stereocenters. The minimum atomic E-state index is -0.104. The van der Waals surface area contributed by atoms with Crippen molar-refractivity contribution in [3.8, 4) is 0 Å². The molecule has 1 heterocycles. The summed E-state index contributed by atoms with van der Waals surface area (Å²) in [7, 11) is 0. The normalized spacial score (nSPS) is 15.5. The Balaban J connectivity index is 2.14. The van der Waals surface area contributed by atoms with E-state index in [1.807, 2.05) is 36.4 Å². The number of benzene rings is 2. The standard InChI is InChI=1S/C15H9BrClNO/c16-13-4-2-1-3-9(13)7-12-11-8-10(17)5-6-14(11)18-15(12)19/h1-8H,(H,18,19)/b12-7+. The Morgan fingerprint density at radius 3 is 2.74 bits per heavy atom. The van der Waals surface area contributed by atoms with Crippen LogP contribution in [-0.2, 0) is 4.79 Å². The molecule has 0 saturated heterocycles. The molecule has 1 amide bonds. The SMILES string of the molecule is O=C1Nc2ccc(Cl)cc2/C1=C\c1ccccc1Br. The Morgan fingerprint density at radius 1 is 1.16 bits per heavy atom. The monoisotopic (exact) mass is 333 g/mol. The molecule has 0 saturated carbocycles. The second-order valence-corrected chi connectivity index (χ2v) is 5.51. The summed E-state index contributed by atoms with van der Waals surface area (Å²) in [6, 6.07) is 13.1. The Kier molecular flexibility index (Phi) is 3.17. The highest BCUT2D eigenvalue weighted by molar-refractivity contribution is 9.10. The minimum Gasteiger partial charge on any atom is -0.321 e. The molecule has 3 rings (SSSR count). The van der Waals surface area contributed by atoms with Crippen LogP contribution in [-0.4, -0.2) is 5.91 Å². The van der Waals surface area contributed by atoms with Crippen LogP contribution in [0.3, 0.4) is 0 Å². The number of halogens is 2. The van der Waals surface area contributed by atoms with Crippen LogP contribution in [0.25, 0.3) is 11.6 Å². The number of hydrogen-bond acceptors (Lipinski definition) is 1. The van der Waals surface area contributed by atoms with Crippen molar-refractivity contribution in [2.45, 2.75) is 0 Å². The van der Waals surface area contributed by atoms with Crippen molar-refractivity contribution in [3.63, 3.8) is 0 Å². The van der Waals surface area contributed by atoms with Gasteiger partial charge < -0.3 is 5.32 Å². The maximum atomic E-state index is 12.0. The predicted molar refractivity (Wildman–Crippen MR) is 82.1 cm³/mol. The van der Waals surface area contributed by atoms with E-state index < -0.39 is 0 Å². The molecule has 0 radical (unpaired) electrons. The number of carbonyl (C=O) groups is 1. The topological polar surface area (TPSA) is 29.1 Å². The van der Waals surface area contributed by atoms with E-state index in [-0.39, 0.29) is 5.91 Å². The van der Waals surface area contributed by atoms with Crippen LogP contribution in [0, 0.1) is 0 Å². The fourth-order valence-corrected chi connectivity index (χ4v) is 2.62. The van der Waals surface area contributed by atoms with Crippen LogP contribution in [0.4, 0.5) is 5.69 Å². The average Bonchev–Trinajstić information content (AvgIpc) is 2.69. The van der Waals surface area contributed by atoms with Crippen molar-refractivity contribution in [3.05, 3.63) is 63.1 Å². The number of hydrogen-bond donors (Lipinski definition) is 1. The third-order valence-corrected chi connectivity index (χ3v) is 3.93. The van der Waals surface area contributed by atoms with Crippen LogP contribution in [0.1, 0.15) is 11.1 Å². The Labute approximate surface area is 124 Å². The molecule has 0 fully saturated rings. The van der Waals surface area contributed by atoms with E-state index in [0.29, 0.717) is 10.6 Å². The van der Waals surface area contributed by atoms with Gasteiger partial charge in [-0.2, -0.15) is 0 Å². The fourth-order valence-electron chi connectivity index (χ4n) is 2.05. The van der Waals surface area contributed by atoms with Gasteiger partial charge in [-0.25, -0.2) is 0 Å². The second-order valence-electron chi connectivity index (χ2n) is 4.22. The van der Waals surface area contributed by atoms with Gasteiger partial charge in [-0.05, 0) is 35.9 Å². The highest BCUT2D eigenvalue weighted by Crippen LogP contribution is 2.35. The molecule has 19 heavy (non-hydrogen) atoms. The number of rotatable bonds is 1. The maximum Gasteiger partial charge on any atom is 0.256 e. The van der Waals surface area contributed by atoms with Gasteiger partial charge in [0.15, 0.2) is 0 Å². The molecule has 2 aromatic carbocycles. The number of carbonyl (C=O) groups excluding carboxylic acids is 1. The van der Waals surface area contributed by atoms with Crippen LogP contribution >= 0.6 is 27.5 Å². The van der Waals surface area contributed by atoms with E-state index >= 15 is 0 Å². The van der Waals surface area contributed by atoms with E-state index in [0.717, 1.165) is 21.3 Å². The molecule has 0 unspecified atom stereocenters. The lowest BCUT2D eigenvalue weighted by molar-refractivity contribution is -0.110. The van der Waals surface area contributed by atoms with E-state index in [2.05, 4.69) is 21.2 Å². The van der Waals surface area contributed by atoms with Gasteiger partial charge in [0.25, 0.3) is 5.91 Å². The van der Waals surface area contributed by atoms with Gasteiger partial charge in [-0.15, -0.1) is 0 Å². The number of fused-ring (bicyclic) bond motifs is 1. The predicted octanol–water partition coefficient (Wildman–Crippen LogP) is 4.60. The lowest BCUT2D eigenvalue weighted by Crippen LogP contribution is -2.03. The van der Waals surface area contributed by atoms with E-state index in [1.165, 1.54) is 0 Å². The Hall–Kier alpha value is -1.58. The molecule has 0 bridgehead atoms. The molecule has 0 aromatic heterocycles. The van der Waals surface area contributed by atoms with Crippen molar-refractivity contribution >= 4 is 50.8 Å². The van der Waals surface area contributed by atoms with E-state index in [1.54, 1.807) is 12.1 Å². The summed E-state index contributed by atoms with van der Waals surface area (Å²) in [4.78, 5) is 12.0. The maximum absolute atomic E-state index is 12.0. The summed E-state index contributed by atoms with van der Waals surface area (Å²) < 4.78 is 0.950. The summed E-state index contributed by atoms with van der Waals surface area (Å²) >= 11 is 9.47. The summed E-state index contributed by atoms with van der Waals surface area (Å²) in [6.07, 6.45) is 1.86. The zero-order chi connectivity index (χ0) is 13.4. The summed E-state index contributed by atoms with van der Waals surface area (Å²) in [5.41, 5.74) is 3.23. The Morgan fingerprint density at radius 2 is 1.95 bits per heavy atom. The molecule has 94 valence electrons. The summed E-state index contributed by atoms with van der Waals surface area (Å²) in [5.74, 6) is -0.104. The third-order valence-electron chi connectivity index (χ3n) is 2.97. The first-order valence-electron chi connectivity index (χ1n) is 5.72. The van der Waals surface area contributed by atoms with Crippen molar-refractivity contribution in [1.82, 2.24) is 0 Å². The quantitative estimate of drug-likeness (QED) is 0.759. The average molecular weight is 335 g/mol.